The lowest BCUT2D eigenvalue weighted by molar-refractivity contribution is 0.782. The van der Waals surface area contributed by atoms with Gasteiger partial charge in [-0.3, -0.25) is 0 Å². The Morgan fingerprint density at radius 2 is 0.955 bits per heavy atom. The zero-order valence-corrected chi connectivity index (χ0v) is 13.3. The van der Waals surface area contributed by atoms with Gasteiger partial charge in [-0.15, -0.1) is 0 Å². The fraction of sp³-hybridized carbons (Fsp3) is 0.300. The molecular formula is C20H22N2. The van der Waals surface area contributed by atoms with Crippen LogP contribution in [0.1, 0.15) is 47.9 Å². The summed E-state index contributed by atoms with van der Waals surface area (Å²) in [6, 6.07) is 17.2. The first-order chi connectivity index (χ1) is 10.7. The summed E-state index contributed by atoms with van der Waals surface area (Å²) in [6.45, 7) is 4.22. The monoisotopic (exact) mass is 290 g/mol. The van der Waals surface area contributed by atoms with Crippen molar-refractivity contribution in [1.29, 1.82) is 0 Å². The molecule has 0 aliphatic carbocycles. The summed E-state index contributed by atoms with van der Waals surface area (Å²) in [5, 5.41) is 9.14. The third-order valence-corrected chi connectivity index (χ3v) is 4.14. The summed E-state index contributed by atoms with van der Waals surface area (Å²) in [5.41, 5.74) is 7.14. The van der Waals surface area contributed by atoms with Crippen molar-refractivity contribution in [1.82, 2.24) is 0 Å². The molecule has 0 bridgehead atoms. The van der Waals surface area contributed by atoms with Crippen LogP contribution in [0, 0.1) is 13.8 Å². The van der Waals surface area contributed by atoms with Crippen LogP contribution < -0.4 is 0 Å². The first-order valence-corrected chi connectivity index (χ1v) is 8.00. The molecular weight excluding hydrogens is 268 g/mol. The Kier molecular flexibility index (Phi) is 4.47. The van der Waals surface area contributed by atoms with E-state index in [1.54, 1.807) is 0 Å². The molecule has 1 heterocycles. The van der Waals surface area contributed by atoms with Gasteiger partial charge in [0.1, 0.15) is 0 Å². The van der Waals surface area contributed by atoms with Gasteiger partial charge in [-0.25, -0.2) is 0 Å². The predicted octanol–water partition coefficient (Wildman–Crippen LogP) is 5.07. The van der Waals surface area contributed by atoms with Crippen molar-refractivity contribution in [2.24, 2.45) is 10.2 Å². The van der Waals surface area contributed by atoms with Crippen molar-refractivity contribution in [2.45, 2.75) is 39.5 Å². The zero-order chi connectivity index (χ0) is 15.4. The lowest BCUT2D eigenvalue weighted by Crippen LogP contribution is -2.07. The largest absolute Gasteiger partial charge is 0.155 e. The third kappa shape index (κ3) is 3.51. The van der Waals surface area contributed by atoms with Crippen molar-refractivity contribution in [3.8, 4) is 0 Å². The highest BCUT2D eigenvalue weighted by molar-refractivity contribution is 6.04. The molecule has 22 heavy (non-hydrogen) atoms. The van der Waals surface area contributed by atoms with Crippen molar-refractivity contribution in [2.75, 3.05) is 0 Å². The van der Waals surface area contributed by atoms with Crippen LogP contribution in [0.5, 0.6) is 0 Å². The molecule has 1 aliphatic rings. The van der Waals surface area contributed by atoms with Gasteiger partial charge in [0.2, 0.25) is 0 Å². The van der Waals surface area contributed by atoms with Crippen LogP contribution in [0.25, 0.3) is 0 Å². The Morgan fingerprint density at radius 3 is 1.32 bits per heavy atom. The van der Waals surface area contributed by atoms with E-state index >= 15 is 0 Å². The van der Waals surface area contributed by atoms with Crippen LogP contribution in [-0.4, -0.2) is 11.4 Å². The molecule has 2 heteroatoms. The second-order valence-corrected chi connectivity index (χ2v) is 6.03. The summed E-state index contributed by atoms with van der Waals surface area (Å²) in [5.74, 6) is 0. The first kappa shape index (κ1) is 14.7. The Labute approximate surface area is 132 Å². The first-order valence-electron chi connectivity index (χ1n) is 8.00. The summed E-state index contributed by atoms with van der Waals surface area (Å²) >= 11 is 0. The molecule has 0 radical (unpaired) electrons. The van der Waals surface area contributed by atoms with E-state index in [0.717, 1.165) is 37.1 Å². The number of rotatable bonds is 2. The Hall–Kier alpha value is -2.22. The molecule has 2 aromatic rings. The quantitative estimate of drug-likeness (QED) is 0.737. The predicted molar refractivity (Wildman–Crippen MR) is 93.9 cm³/mol. The minimum absolute atomic E-state index is 1.01. The summed E-state index contributed by atoms with van der Waals surface area (Å²) in [4.78, 5) is 0. The fourth-order valence-corrected chi connectivity index (χ4v) is 2.70. The maximum Gasteiger partial charge on any atom is 0.0702 e. The van der Waals surface area contributed by atoms with E-state index in [2.05, 4.69) is 72.6 Å². The number of hydrogen-bond acceptors (Lipinski definition) is 2. The smallest absolute Gasteiger partial charge is 0.0702 e. The molecule has 0 saturated heterocycles. The number of hydrogen-bond donors (Lipinski definition) is 0. The van der Waals surface area contributed by atoms with Crippen LogP contribution >= 0.6 is 0 Å². The van der Waals surface area contributed by atoms with Gasteiger partial charge >= 0.3 is 0 Å². The molecule has 112 valence electrons. The molecule has 0 aromatic heterocycles. The number of aryl methyl sites for hydroxylation is 2. The molecule has 0 spiro atoms. The molecule has 0 N–H and O–H groups in total. The van der Waals surface area contributed by atoms with Gasteiger partial charge in [0, 0.05) is 0 Å². The molecule has 1 aliphatic heterocycles. The number of nitrogens with zero attached hydrogens (tertiary/aromatic N) is 2. The molecule has 0 unspecified atom stereocenters. The van der Waals surface area contributed by atoms with Crippen molar-refractivity contribution in [3.63, 3.8) is 0 Å². The van der Waals surface area contributed by atoms with E-state index in [0.29, 0.717) is 0 Å². The normalized spacial score (nSPS) is 15.5. The molecule has 2 nitrogen and oxygen atoms in total. The fourth-order valence-electron chi connectivity index (χ4n) is 2.70. The van der Waals surface area contributed by atoms with Crippen LogP contribution in [0.4, 0.5) is 0 Å². The average Bonchev–Trinajstić information content (AvgIpc) is 2.50. The van der Waals surface area contributed by atoms with E-state index < -0.39 is 0 Å². The highest BCUT2D eigenvalue weighted by Crippen LogP contribution is 2.17. The summed E-state index contributed by atoms with van der Waals surface area (Å²) in [6.07, 6.45) is 4.34. The standard InChI is InChI=1S/C20H22N2/c1-15-7-11-17(12-8-15)19-5-3-4-6-20(22-21-19)18-13-9-16(2)10-14-18/h7-14H,3-6H2,1-2H3. The minimum Gasteiger partial charge on any atom is -0.155 e. The van der Waals surface area contributed by atoms with Gasteiger partial charge in [0.15, 0.2) is 0 Å². The van der Waals surface area contributed by atoms with Crippen molar-refractivity contribution < 1.29 is 0 Å². The maximum atomic E-state index is 4.57. The lowest BCUT2D eigenvalue weighted by Gasteiger charge is -2.11. The van der Waals surface area contributed by atoms with E-state index in [9.17, 15) is 0 Å². The van der Waals surface area contributed by atoms with Gasteiger partial charge < -0.3 is 0 Å². The Morgan fingerprint density at radius 1 is 0.591 bits per heavy atom. The molecule has 0 fully saturated rings. The molecule has 2 aromatic carbocycles. The summed E-state index contributed by atoms with van der Waals surface area (Å²) in [7, 11) is 0. The molecule has 0 atom stereocenters. The zero-order valence-electron chi connectivity index (χ0n) is 13.3. The van der Waals surface area contributed by atoms with Crippen molar-refractivity contribution >= 4 is 11.4 Å². The van der Waals surface area contributed by atoms with Crippen LogP contribution in [0.2, 0.25) is 0 Å². The minimum atomic E-state index is 1.01. The van der Waals surface area contributed by atoms with Gasteiger partial charge in [0.25, 0.3) is 0 Å². The Balaban J connectivity index is 1.92. The second kappa shape index (κ2) is 6.69. The third-order valence-electron chi connectivity index (χ3n) is 4.14. The van der Waals surface area contributed by atoms with Crippen LogP contribution in [-0.2, 0) is 0 Å². The SMILES string of the molecule is Cc1ccc(C2=NN=C(c3ccc(C)cc3)CCCC2)cc1. The van der Waals surface area contributed by atoms with E-state index in [4.69, 9.17) is 0 Å². The van der Waals surface area contributed by atoms with Gasteiger partial charge in [-0.2, -0.15) is 10.2 Å². The van der Waals surface area contributed by atoms with Crippen LogP contribution in [0.15, 0.2) is 58.7 Å². The van der Waals surface area contributed by atoms with Gasteiger partial charge in [-0.05, 0) is 50.7 Å². The molecule has 3 rings (SSSR count). The van der Waals surface area contributed by atoms with E-state index in [1.807, 2.05) is 0 Å². The van der Waals surface area contributed by atoms with Crippen molar-refractivity contribution in [3.05, 3.63) is 70.8 Å². The van der Waals surface area contributed by atoms with Gasteiger partial charge in [0.05, 0.1) is 11.4 Å². The highest BCUT2D eigenvalue weighted by Gasteiger charge is 2.10. The molecule has 0 saturated carbocycles. The summed E-state index contributed by atoms with van der Waals surface area (Å²) < 4.78 is 0. The van der Waals surface area contributed by atoms with Gasteiger partial charge in [-0.1, -0.05) is 59.7 Å². The number of benzene rings is 2. The lowest BCUT2D eigenvalue weighted by atomic mass is 9.99. The highest BCUT2D eigenvalue weighted by atomic mass is 15.2. The second-order valence-electron chi connectivity index (χ2n) is 6.03. The average molecular weight is 290 g/mol. The Bertz CT molecular complexity index is 628. The molecule has 0 amide bonds. The van der Waals surface area contributed by atoms with E-state index in [-0.39, 0.29) is 0 Å². The topological polar surface area (TPSA) is 24.7 Å². The maximum absolute atomic E-state index is 4.57. The van der Waals surface area contributed by atoms with Crippen LogP contribution in [0.3, 0.4) is 0 Å². The van der Waals surface area contributed by atoms with E-state index in [1.165, 1.54) is 22.3 Å².